The third-order valence-electron chi connectivity index (χ3n) is 3.23. The molecule has 12 heteroatoms. The topological polar surface area (TPSA) is 154 Å². The summed E-state index contributed by atoms with van der Waals surface area (Å²) in [6.45, 7) is -0.870. The van der Waals surface area contributed by atoms with Gasteiger partial charge in [0.05, 0.1) is 6.61 Å². The van der Waals surface area contributed by atoms with E-state index in [1.165, 1.54) is 14.1 Å². The minimum absolute atomic E-state index is 0.0320. The van der Waals surface area contributed by atoms with E-state index in [-0.39, 0.29) is 24.3 Å². The Morgan fingerprint density at radius 1 is 1.35 bits per heavy atom. The van der Waals surface area contributed by atoms with Crippen LogP contribution in [0.1, 0.15) is 0 Å². The van der Waals surface area contributed by atoms with Gasteiger partial charge in [-0.15, -0.1) is 0 Å². The van der Waals surface area contributed by atoms with Crippen molar-refractivity contribution >= 4 is 23.0 Å². The van der Waals surface area contributed by atoms with E-state index in [0.29, 0.717) is 0 Å². The van der Waals surface area contributed by atoms with Crippen LogP contribution < -0.4 is 16.6 Å². The number of aliphatic hydroxyl groups is 1. The Labute approximate surface area is 127 Å². The van der Waals surface area contributed by atoms with E-state index in [0.717, 1.165) is 13.7 Å². The van der Waals surface area contributed by atoms with Crippen LogP contribution in [0, 0.1) is 10.1 Å². The summed E-state index contributed by atoms with van der Waals surface area (Å²) in [4.78, 5) is 49.9. The van der Waals surface area contributed by atoms with E-state index in [1.807, 2.05) is 0 Å². The molecule has 2 heterocycles. The molecule has 2 N–H and O–H groups in total. The largest absolute Gasteiger partial charge is 0.437 e. The van der Waals surface area contributed by atoms with Gasteiger partial charge in [-0.05, 0) is 9.91 Å². The first kappa shape index (κ1) is 16.4. The number of hydrogen-bond acceptors (Lipinski definition) is 7. The first-order valence-electron chi connectivity index (χ1n) is 6.47. The van der Waals surface area contributed by atoms with E-state index in [1.54, 1.807) is 0 Å². The highest BCUT2D eigenvalue weighted by atomic mass is 16.6. The maximum absolute atomic E-state index is 12.2. The van der Waals surface area contributed by atoms with Gasteiger partial charge in [0.1, 0.15) is 0 Å². The molecule has 0 spiro atoms. The standard InChI is InChI=1S/C11H14N6O6/c1-14-8-7(9(20)15(2)11(14)21)16(10(13-8)17(22)23)5-6(19)12-3-4-18/h18H,3-5H2,1-2H3,(H,12,19). The molecular weight excluding hydrogens is 312 g/mol. The second-order valence-corrected chi connectivity index (χ2v) is 4.71. The summed E-state index contributed by atoms with van der Waals surface area (Å²) in [5, 5.41) is 22.1. The zero-order valence-corrected chi connectivity index (χ0v) is 12.3. The van der Waals surface area contributed by atoms with Crippen molar-refractivity contribution < 1.29 is 14.8 Å². The number of hydrogen-bond donors (Lipinski definition) is 2. The summed E-state index contributed by atoms with van der Waals surface area (Å²) in [7, 11) is 2.54. The Balaban J connectivity index is 2.73. The highest BCUT2D eigenvalue weighted by Crippen LogP contribution is 2.17. The first-order chi connectivity index (χ1) is 10.8. The molecule has 0 saturated carbocycles. The van der Waals surface area contributed by atoms with Crippen molar-refractivity contribution in [3.8, 4) is 0 Å². The molecule has 0 fully saturated rings. The van der Waals surface area contributed by atoms with Crippen LogP contribution >= 0.6 is 0 Å². The van der Waals surface area contributed by atoms with Crippen LogP contribution in [0.15, 0.2) is 9.59 Å². The Bertz CT molecular complexity index is 906. The summed E-state index contributed by atoms with van der Waals surface area (Å²) < 4.78 is 2.60. The number of carbonyl (C=O) groups is 1. The maximum atomic E-state index is 12.2. The van der Waals surface area contributed by atoms with Crippen LogP contribution in [0.2, 0.25) is 0 Å². The third kappa shape index (κ3) is 2.70. The number of nitrogens with one attached hydrogen (secondary N) is 1. The van der Waals surface area contributed by atoms with Gasteiger partial charge in [-0.2, -0.15) is 0 Å². The molecule has 23 heavy (non-hydrogen) atoms. The number of imidazole rings is 1. The SMILES string of the molecule is Cn1c(=O)c2c(nc([N+](=O)[O-])n2CC(=O)NCCO)n(C)c1=O. The molecule has 0 atom stereocenters. The Morgan fingerprint density at radius 2 is 2.00 bits per heavy atom. The fourth-order valence-electron chi connectivity index (χ4n) is 2.12. The summed E-state index contributed by atoms with van der Waals surface area (Å²) in [5.41, 5.74) is -1.88. The molecule has 0 aromatic carbocycles. The predicted molar refractivity (Wildman–Crippen MR) is 77.0 cm³/mol. The van der Waals surface area contributed by atoms with Crippen LogP contribution in [0.4, 0.5) is 5.95 Å². The van der Waals surface area contributed by atoms with Crippen molar-refractivity contribution in [2.75, 3.05) is 13.2 Å². The van der Waals surface area contributed by atoms with Crippen LogP contribution in [-0.4, -0.2) is 47.8 Å². The molecule has 2 aromatic heterocycles. The highest BCUT2D eigenvalue weighted by Gasteiger charge is 2.29. The number of fused-ring (bicyclic) bond motifs is 1. The van der Waals surface area contributed by atoms with Gasteiger partial charge in [-0.3, -0.25) is 18.7 Å². The summed E-state index contributed by atoms with van der Waals surface area (Å²) in [5.74, 6) is -1.37. The van der Waals surface area contributed by atoms with E-state index < -0.39 is 34.6 Å². The van der Waals surface area contributed by atoms with Gasteiger partial charge in [0.15, 0.2) is 6.54 Å². The summed E-state index contributed by atoms with van der Waals surface area (Å²) in [6, 6.07) is 0. The van der Waals surface area contributed by atoms with Crippen LogP contribution in [0.3, 0.4) is 0 Å². The number of amides is 1. The number of aromatic nitrogens is 4. The van der Waals surface area contributed by atoms with Gasteiger partial charge in [0.2, 0.25) is 5.52 Å². The fraction of sp³-hybridized carbons (Fsp3) is 0.455. The molecule has 0 saturated heterocycles. The number of nitro groups is 1. The lowest BCUT2D eigenvalue weighted by atomic mass is 10.4. The molecule has 0 unspecified atom stereocenters. The van der Waals surface area contributed by atoms with Crippen molar-refractivity contribution in [2.45, 2.75) is 6.54 Å². The van der Waals surface area contributed by atoms with Crippen LogP contribution in [-0.2, 0) is 25.4 Å². The average molecular weight is 326 g/mol. The second kappa shape index (κ2) is 6.00. The van der Waals surface area contributed by atoms with Gasteiger partial charge in [-0.1, -0.05) is 0 Å². The van der Waals surface area contributed by atoms with Crippen molar-refractivity contribution in [2.24, 2.45) is 14.1 Å². The minimum atomic E-state index is -0.844. The second-order valence-electron chi connectivity index (χ2n) is 4.71. The van der Waals surface area contributed by atoms with E-state index >= 15 is 0 Å². The van der Waals surface area contributed by atoms with E-state index in [9.17, 15) is 24.5 Å². The molecule has 0 bridgehead atoms. The number of nitrogens with zero attached hydrogens (tertiary/aromatic N) is 5. The van der Waals surface area contributed by atoms with Gasteiger partial charge in [-0.25, -0.2) is 9.36 Å². The van der Waals surface area contributed by atoms with Gasteiger partial charge in [0, 0.05) is 20.6 Å². The zero-order valence-electron chi connectivity index (χ0n) is 12.3. The van der Waals surface area contributed by atoms with Crippen molar-refractivity contribution in [1.82, 2.24) is 24.0 Å². The van der Waals surface area contributed by atoms with E-state index in [4.69, 9.17) is 5.11 Å². The molecule has 2 aromatic rings. The monoisotopic (exact) mass is 326 g/mol. The van der Waals surface area contributed by atoms with Crippen molar-refractivity contribution in [3.63, 3.8) is 0 Å². The molecule has 12 nitrogen and oxygen atoms in total. The fourth-order valence-corrected chi connectivity index (χ4v) is 2.12. The van der Waals surface area contributed by atoms with Crippen molar-refractivity contribution in [1.29, 1.82) is 0 Å². The molecule has 0 aliphatic carbocycles. The predicted octanol–water partition coefficient (Wildman–Crippen LogP) is -2.55. The normalized spacial score (nSPS) is 10.9. The smallest absolute Gasteiger partial charge is 0.395 e. The lowest BCUT2D eigenvalue weighted by molar-refractivity contribution is -0.396. The van der Waals surface area contributed by atoms with E-state index in [2.05, 4.69) is 10.3 Å². The number of aliphatic hydroxyl groups excluding tert-OH is 1. The number of carbonyl (C=O) groups excluding carboxylic acids is 1. The van der Waals surface area contributed by atoms with Crippen LogP contribution in [0.25, 0.3) is 11.2 Å². The third-order valence-corrected chi connectivity index (χ3v) is 3.23. The average Bonchev–Trinajstić information content (AvgIpc) is 2.88. The number of rotatable bonds is 5. The molecule has 0 radical (unpaired) electrons. The Morgan fingerprint density at radius 3 is 2.57 bits per heavy atom. The highest BCUT2D eigenvalue weighted by molar-refractivity contribution is 5.80. The number of aryl methyl sites for hydroxylation is 1. The van der Waals surface area contributed by atoms with Crippen molar-refractivity contribution in [3.05, 3.63) is 31.0 Å². The Hall–Kier alpha value is -3.02. The summed E-state index contributed by atoms with van der Waals surface area (Å²) in [6.07, 6.45) is 0. The molecule has 1 amide bonds. The molecule has 2 rings (SSSR count). The molecule has 0 aliphatic rings. The van der Waals surface area contributed by atoms with Gasteiger partial charge < -0.3 is 20.5 Å². The molecule has 124 valence electrons. The quantitative estimate of drug-likeness (QED) is 0.453. The maximum Gasteiger partial charge on any atom is 0.437 e. The van der Waals surface area contributed by atoms with Gasteiger partial charge >= 0.3 is 11.6 Å². The zero-order chi connectivity index (χ0) is 17.3. The molecular formula is C11H14N6O6. The summed E-state index contributed by atoms with van der Waals surface area (Å²) >= 11 is 0. The lowest BCUT2D eigenvalue weighted by Gasteiger charge is -2.04. The van der Waals surface area contributed by atoms with Gasteiger partial charge in [0.25, 0.3) is 17.1 Å². The lowest BCUT2D eigenvalue weighted by Crippen LogP contribution is -2.38. The minimum Gasteiger partial charge on any atom is -0.395 e. The Kier molecular flexibility index (Phi) is 4.27. The van der Waals surface area contributed by atoms with Crippen LogP contribution in [0.5, 0.6) is 0 Å². The molecule has 0 aliphatic heterocycles. The first-order valence-corrected chi connectivity index (χ1v) is 6.47.